The molecular formula is C23H26N4O. The van der Waals surface area contributed by atoms with Gasteiger partial charge in [-0.2, -0.15) is 0 Å². The highest BCUT2D eigenvalue weighted by Crippen LogP contribution is 2.25. The maximum Gasteiger partial charge on any atom is 0.251 e. The fraction of sp³-hybridized carbons (Fsp3) is 0.261. The quantitative estimate of drug-likeness (QED) is 0.700. The van der Waals surface area contributed by atoms with Crippen molar-refractivity contribution in [3.63, 3.8) is 0 Å². The van der Waals surface area contributed by atoms with E-state index in [1.165, 1.54) is 5.56 Å². The minimum atomic E-state index is -0.0920. The van der Waals surface area contributed by atoms with Crippen LogP contribution in [0.2, 0.25) is 0 Å². The SMILES string of the molecule is CCc1ccc([C@@H](C)NC(=O)c2ccc(-c3nccnc3N(C)C)cc2)cc1. The lowest BCUT2D eigenvalue weighted by atomic mass is 10.0. The number of hydrogen-bond donors (Lipinski definition) is 1. The lowest BCUT2D eigenvalue weighted by Gasteiger charge is -2.16. The van der Waals surface area contributed by atoms with Gasteiger partial charge in [0.2, 0.25) is 0 Å². The molecule has 1 heterocycles. The molecule has 0 unspecified atom stereocenters. The van der Waals surface area contributed by atoms with E-state index >= 15 is 0 Å². The number of aromatic nitrogens is 2. The van der Waals surface area contributed by atoms with Crippen LogP contribution in [0.3, 0.4) is 0 Å². The van der Waals surface area contributed by atoms with Crippen LogP contribution in [0.25, 0.3) is 11.3 Å². The van der Waals surface area contributed by atoms with Gasteiger partial charge in [0.25, 0.3) is 5.91 Å². The number of aryl methyl sites for hydroxylation is 1. The summed E-state index contributed by atoms with van der Waals surface area (Å²) in [5.74, 6) is 0.703. The molecule has 144 valence electrons. The summed E-state index contributed by atoms with van der Waals surface area (Å²) in [7, 11) is 3.87. The number of hydrogen-bond acceptors (Lipinski definition) is 4. The summed E-state index contributed by atoms with van der Waals surface area (Å²) < 4.78 is 0. The van der Waals surface area contributed by atoms with E-state index in [1.807, 2.05) is 50.2 Å². The zero-order valence-corrected chi connectivity index (χ0v) is 16.8. The zero-order chi connectivity index (χ0) is 20.1. The molecule has 0 aliphatic rings. The highest BCUT2D eigenvalue weighted by atomic mass is 16.1. The summed E-state index contributed by atoms with van der Waals surface area (Å²) in [6, 6.07) is 15.8. The molecule has 3 aromatic rings. The van der Waals surface area contributed by atoms with E-state index in [0.717, 1.165) is 29.1 Å². The van der Waals surface area contributed by atoms with Crippen LogP contribution in [0.4, 0.5) is 5.82 Å². The standard InChI is InChI=1S/C23H26N4O/c1-5-17-6-8-18(9-7-17)16(2)26-23(28)20-12-10-19(11-13-20)21-22(27(3)4)25-15-14-24-21/h6-16H,5H2,1-4H3,(H,26,28)/t16-/m1/s1. The molecule has 0 aliphatic carbocycles. The Bertz CT molecular complexity index is 934. The first-order valence-corrected chi connectivity index (χ1v) is 9.48. The van der Waals surface area contributed by atoms with Crippen LogP contribution in [-0.2, 0) is 6.42 Å². The van der Waals surface area contributed by atoms with Crippen LogP contribution < -0.4 is 10.2 Å². The highest BCUT2D eigenvalue weighted by Gasteiger charge is 2.13. The molecule has 0 aliphatic heterocycles. The van der Waals surface area contributed by atoms with Gasteiger partial charge < -0.3 is 10.2 Å². The molecule has 1 atom stereocenters. The first-order valence-electron chi connectivity index (χ1n) is 9.48. The van der Waals surface area contributed by atoms with Gasteiger partial charge in [0.05, 0.1) is 6.04 Å². The Kier molecular flexibility index (Phi) is 6.04. The van der Waals surface area contributed by atoms with Crippen molar-refractivity contribution in [2.75, 3.05) is 19.0 Å². The molecule has 0 bridgehead atoms. The Morgan fingerprint density at radius 3 is 2.25 bits per heavy atom. The molecule has 5 heteroatoms. The van der Waals surface area contributed by atoms with Gasteiger partial charge >= 0.3 is 0 Å². The third kappa shape index (κ3) is 4.36. The number of nitrogens with zero attached hydrogens (tertiary/aromatic N) is 3. The molecule has 5 nitrogen and oxygen atoms in total. The second-order valence-corrected chi connectivity index (χ2v) is 6.99. The van der Waals surface area contributed by atoms with Gasteiger partial charge in [-0.15, -0.1) is 0 Å². The molecule has 0 saturated carbocycles. The zero-order valence-electron chi connectivity index (χ0n) is 16.8. The van der Waals surface area contributed by atoms with E-state index in [0.29, 0.717) is 5.56 Å². The van der Waals surface area contributed by atoms with Crippen LogP contribution in [0.15, 0.2) is 60.9 Å². The van der Waals surface area contributed by atoms with Gasteiger partial charge in [-0.05, 0) is 36.6 Å². The third-order valence-electron chi connectivity index (χ3n) is 4.76. The normalized spacial score (nSPS) is 11.7. The van der Waals surface area contributed by atoms with Crippen molar-refractivity contribution in [2.45, 2.75) is 26.3 Å². The minimum Gasteiger partial charge on any atom is -0.361 e. The lowest BCUT2D eigenvalue weighted by molar-refractivity contribution is 0.0940. The summed E-state index contributed by atoms with van der Waals surface area (Å²) in [5, 5.41) is 3.06. The van der Waals surface area contributed by atoms with Gasteiger partial charge in [-0.3, -0.25) is 9.78 Å². The Morgan fingerprint density at radius 2 is 1.64 bits per heavy atom. The molecule has 0 saturated heterocycles. The molecule has 0 spiro atoms. The minimum absolute atomic E-state index is 0.0570. The molecule has 3 rings (SSSR count). The number of benzene rings is 2. The van der Waals surface area contributed by atoms with Crippen LogP contribution in [0.1, 0.15) is 41.4 Å². The van der Waals surface area contributed by atoms with E-state index in [4.69, 9.17) is 0 Å². The van der Waals surface area contributed by atoms with Crippen molar-refractivity contribution in [1.29, 1.82) is 0 Å². The van der Waals surface area contributed by atoms with Crippen molar-refractivity contribution in [3.05, 3.63) is 77.6 Å². The van der Waals surface area contributed by atoms with Crippen LogP contribution in [0.5, 0.6) is 0 Å². The molecule has 1 N–H and O–H groups in total. The summed E-state index contributed by atoms with van der Waals surface area (Å²) in [4.78, 5) is 23.4. The van der Waals surface area contributed by atoms with Crippen LogP contribution in [-0.4, -0.2) is 30.0 Å². The largest absolute Gasteiger partial charge is 0.361 e. The third-order valence-corrected chi connectivity index (χ3v) is 4.76. The summed E-state index contributed by atoms with van der Waals surface area (Å²) in [6.45, 7) is 4.13. The molecule has 0 fully saturated rings. The number of rotatable bonds is 6. The highest BCUT2D eigenvalue weighted by molar-refractivity contribution is 5.95. The summed E-state index contributed by atoms with van der Waals surface area (Å²) >= 11 is 0. The van der Waals surface area contributed by atoms with E-state index in [-0.39, 0.29) is 11.9 Å². The number of anilines is 1. The van der Waals surface area contributed by atoms with Crippen molar-refractivity contribution in [3.8, 4) is 11.3 Å². The monoisotopic (exact) mass is 374 g/mol. The average Bonchev–Trinajstić information content (AvgIpc) is 2.73. The van der Waals surface area contributed by atoms with E-state index < -0.39 is 0 Å². The predicted octanol–water partition coefficient (Wildman–Crippen LogP) is 4.26. The molecule has 0 radical (unpaired) electrons. The van der Waals surface area contributed by atoms with Crippen LogP contribution >= 0.6 is 0 Å². The fourth-order valence-corrected chi connectivity index (χ4v) is 3.05. The Balaban J connectivity index is 1.73. The second-order valence-electron chi connectivity index (χ2n) is 6.99. The van der Waals surface area contributed by atoms with Gasteiger partial charge in [0.1, 0.15) is 5.69 Å². The summed E-state index contributed by atoms with van der Waals surface area (Å²) in [5.41, 5.74) is 4.73. The first-order chi connectivity index (χ1) is 13.5. The van der Waals surface area contributed by atoms with Gasteiger partial charge in [-0.25, -0.2) is 4.98 Å². The van der Waals surface area contributed by atoms with Gasteiger partial charge in [0, 0.05) is 37.6 Å². The van der Waals surface area contributed by atoms with E-state index in [1.54, 1.807) is 12.4 Å². The van der Waals surface area contributed by atoms with Crippen molar-refractivity contribution in [1.82, 2.24) is 15.3 Å². The Morgan fingerprint density at radius 1 is 1.00 bits per heavy atom. The molecule has 28 heavy (non-hydrogen) atoms. The topological polar surface area (TPSA) is 58.1 Å². The van der Waals surface area contributed by atoms with E-state index in [2.05, 4.69) is 46.5 Å². The lowest BCUT2D eigenvalue weighted by Crippen LogP contribution is -2.26. The number of amides is 1. The Hall–Kier alpha value is -3.21. The molecular weight excluding hydrogens is 348 g/mol. The van der Waals surface area contributed by atoms with Crippen molar-refractivity contribution < 1.29 is 4.79 Å². The Labute approximate surface area is 166 Å². The smallest absolute Gasteiger partial charge is 0.251 e. The maximum absolute atomic E-state index is 12.6. The van der Waals surface area contributed by atoms with Crippen molar-refractivity contribution in [2.24, 2.45) is 0 Å². The molecule has 1 amide bonds. The van der Waals surface area contributed by atoms with Crippen molar-refractivity contribution >= 4 is 11.7 Å². The first kappa shape index (κ1) is 19.5. The maximum atomic E-state index is 12.6. The second kappa shape index (κ2) is 8.65. The fourth-order valence-electron chi connectivity index (χ4n) is 3.05. The van der Waals surface area contributed by atoms with E-state index in [9.17, 15) is 4.79 Å². The van der Waals surface area contributed by atoms with Gasteiger partial charge in [-0.1, -0.05) is 43.3 Å². The van der Waals surface area contributed by atoms with Crippen LogP contribution in [0, 0.1) is 0 Å². The average molecular weight is 374 g/mol. The number of carbonyl (C=O) groups is 1. The number of nitrogens with one attached hydrogen (secondary N) is 1. The van der Waals surface area contributed by atoms with Gasteiger partial charge in [0.15, 0.2) is 5.82 Å². The molecule has 2 aromatic carbocycles. The molecule has 1 aromatic heterocycles. The number of carbonyl (C=O) groups excluding carboxylic acids is 1. The predicted molar refractivity (Wildman–Crippen MR) is 113 cm³/mol. The summed E-state index contributed by atoms with van der Waals surface area (Å²) in [6.07, 6.45) is 4.36.